The van der Waals surface area contributed by atoms with Gasteiger partial charge < -0.3 is 29.2 Å². The first kappa shape index (κ1) is 38.2. The van der Waals surface area contributed by atoms with Crippen molar-refractivity contribution < 1.29 is 51.7 Å². The number of phosphoric ester groups is 1. The number of hydrogen-bond acceptors (Lipinski definition) is 7. The molecule has 14 heteroatoms. The molecule has 1 amide bonds. The smallest absolute Gasteiger partial charge is 0.463 e. The standard InChI is InChI=1S/C25H52N2O10P2/c1-7-25(3,24(29)35-18-19-37-39(33,34)36-17-16-27(4,5)6)21-22(2)26-23(28)15-13-11-9-8-10-12-14-20-38(30,31)32/h22H,7-21H2,1-6H3,(H3-,26,28,30,31,32,33,34)/p+1. The van der Waals surface area contributed by atoms with E-state index >= 15 is 0 Å². The minimum absolute atomic E-state index is 0.0541. The molecule has 0 bridgehead atoms. The lowest BCUT2D eigenvalue weighted by Gasteiger charge is -2.29. The molecule has 0 rings (SSSR count). The molecular formula is C25H53N2O10P2+. The Morgan fingerprint density at radius 3 is 1.97 bits per heavy atom. The van der Waals surface area contributed by atoms with Crippen molar-refractivity contribution in [2.45, 2.75) is 91.0 Å². The first-order valence-electron chi connectivity index (χ1n) is 13.8. The number of esters is 1. The zero-order valence-electron chi connectivity index (χ0n) is 24.7. The molecule has 0 aromatic carbocycles. The Bertz CT molecular complexity index is 815. The molecule has 0 aliphatic rings. The van der Waals surface area contributed by atoms with Crippen molar-refractivity contribution in [1.82, 2.24) is 5.32 Å². The molecule has 0 aliphatic heterocycles. The van der Waals surface area contributed by atoms with Crippen LogP contribution in [0.15, 0.2) is 0 Å². The molecule has 39 heavy (non-hydrogen) atoms. The maximum absolute atomic E-state index is 12.7. The highest BCUT2D eigenvalue weighted by Crippen LogP contribution is 2.43. The van der Waals surface area contributed by atoms with Crippen LogP contribution in [0.1, 0.15) is 85.0 Å². The summed E-state index contributed by atoms with van der Waals surface area (Å²) in [4.78, 5) is 52.5. The van der Waals surface area contributed by atoms with Crippen molar-refractivity contribution in [1.29, 1.82) is 0 Å². The van der Waals surface area contributed by atoms with E-state index in [0.717, 1.165) is 38.5 Å². The van der Waals surface area contributed by atoms with E-state index < -0.39 is 26.8 Å². The van der Waals surface area contributed by atoms with E-state index in [4.69, 9.17) is 23.6 Å². The third kappa shape index (κ3) is 21.6. The van der Waals surface area contributed by atoms with Crippen LogP contribution in [0.25, 0.3) is 0 Å². The predicted octanol–water partition coefficient (Wildman–Crippen LogP) is 3.98. The Morgan fingerprint density at radius 1 is 0.897 bits per heavy atom. The van der Waals surface area contributed by atoms with E-state index in [2.05, 4.69) is 5.32 Å². The van der Waals surface area contributed by atoms with Crippen molar-refractivity contribution in [2.75, 3.05) is 53.7 Å². The van der Waals surface area contributed by atoms with Crippen LogP contribution < -0.4 is 5.32 Å². The molecular weight excluding hydrogens is 550 g/mol. The van der Waals surface area contributed by atoms with Gasteiger partial charge in [-0.05, 0) is 39.5 Å². The molecule has 3 atom stereocenters. The van der Waals surface area contributed by atoms with Crippen LogP contribution in [-0.4, -0.2) is 90.8 Å². The summed E-state index contributed by atoms with van der Waals surface area (Å²) in [5, 5.41) is 2.94. The quantitative estimate of drug-likeness (QED) is 0.0580. The van der Waals surface area contributed by atoms with Crippen molar-refractivity contribution in [3.8, 4) is 0 Å². The number of quaternary nitrogens is 1. The van der Waals surface area contributed by atoms with Crippen LogP contribution in [0, 0.1) is 5.41 Å². The van der Waals surface area contributed by atoms with Gasteiger partial charge in [-0.25, -0.2) is 4.57 Å². The van der Waals surface area contributed by atoms with Gasteiger partial charge in [0.2, 0.25) is 5.91 Å². The second kappa shape index (κ2) is 18.6. The van der Waals surface area contributed by atoms with Crippen LogP contribution in [-0.2, 0) is 32.5 Å². The lowest BCUT2D eigenvalue weighted by Crippen LogP contribution is -2.40. The minimum atomic E-state index is -4.23. The Labute approximate surface area is 234 Å². The number of nitrogens with one attached hydrogen (secondary N) is 1. The summed E-state index contributed by atoms with van der Waals surface area (Å²) in [7, 11) is -2.33. The molecule has 0 saturated carbocycles. The third-order valence-corrected chi connectivity index (χ3v) is 8.29. The number of carbonyl (C=O) groups excluding carboxylic acids is 2. The van der Waals surface area contributed by atoms with Crippen molar-refractivity contribution in [2.24, 2.45) is 5.41 Å². The van der Waals surface area contributed by atoms with Crippen LogP contribution in [0.2, 0.25) is 0 Å². The number of likely N-dealkylation sites (N-methyl/N-ethyl adjacent to an activating group) is 1. The molecule has 0 radical (unpaired) electrons. The fourth-order valence-electron chi connectivity index (χ4n) is 3.86. The van der Waals surface area contributed by atoms with Gasteiger partial charge in [0, 0.05) is 18.6 Å². The first-order valence-corrected chi connectivity index (χ1v) is 17.1. The fourth-order valence-corrected chi connectivity index (χ4v) is 5.19. The third-order valence-electron chi connectivity index (χ3n) is 6.38. The van der Waals surface area contributed by atoms with Gasteiger partial charge in [0.05, 0.1) is 33.2 Å². The van der Waals surface area contributed by atoms with Gasteiger partial charge in [-0.1, -0.05) is 39.0 Å². The van der Waals surface area contributed by atoms with Crippen molar-refractivity contribution in [3.63, 3.8) is 0 Å². The molecule has 0 fully saturated rings. The summed E-state index contributed by atoms with van der Waals surface area (Å²) < 4.78 is 38.4. The number of hydrogen-bond donors (Lipinski definition) is 4. The highest BCUT2D eigenvalue weighted by atomic mass is 31.2. The van der Waals surface area contributed by atoms with Gasteiger partial charge in [-0.2, -0.15) is 0 Å². The summed E-state index contributed by atoms with van der Waals surface area (Å²) in [6.07, 6.45) is 7.05. The van der Waals surface area contributed by atoms with E-state index in [1.165, 1.54) is 0 Å². The largest absolute Gasteiger partial charge is 0.472 e. The Morgan fingerprint density at radius 2 is 1.44 bits per heavy atom. The second-order valence-electron chi connectivity index (χ2n) is 11.5. The molecule has 4 N–H and O–H groups in total. The summed E-state index contributed by atoms with van der Waals surface area (Å²) in [6.45, 7) is 5.59. The van der Waals surface area contributed by atoms with Crippen molar-refractivity contribution >= 4 is 27.3 Å². The predicted molar refractivity (Wildman–Crippen MR) is 150 cm³/mol. The lowest BCUT2D eigenvalue weighted by molar-refractivity contribution is -0.870. The fraction of sp³-hybridized carbons (Fsp3) is 0.920. The second-order valence-corrected chi connectivity index (χ2v) is 14.7. The maximum atomic E-state index is 12.7. The number of phosphoric acid groups is 1. The van der Waals surface area contributed by atoms with Gasteiger partial charge >= 0.3 is 21.4 Å². The summed E-state index contributed by atoms with van der Waals surface area (Å²) in [5.41, 5.74) is -0.837. The zero-order valence-corrected chi connectivity index (χ0v) is 26.5. The van der Waals surface area contributed by atoms with Crippen molar-refractivity contribution in [3.05, 3.63) is 0 Å². The minimum Gasteiger partial charge on any atom is -0.463 e. The molecule has 0 spiro atoms. The zero-order chi connectivity index (χ0) is 30.2. The number of unbranched alkanes of at least 4 members (excludes halogenated alkanes) is 6. The highest BCUT2D eigenvalue weighted by Gasteiger charge is 2.35. The Balaban J connectivity index is 4.21. The Kier molecular flexibility index (Phi) is 18.2. The molecule has 3 unspecified atom stereocenters. The summed E-state index contributed by atoms with van der Waals surface area (Å²) >= 11 is 0. The SMILES string of the molecule is CCC(C)(CC(C)NC(=O)CCCCCCCCCP(=O)(O)O)C(=O)OCCOP(=O)(O)OCC[N+](C)(C)C. The monoisotopic (exact) mass is 603 g/mol. The van der Waals surface area contributed by atoms with E-state index in [0.29, 0.717) is 36.7 Å². The first-order chi connectivity index (χ1) is 17.9. The molecule has 232 valence electrons. The maximum Gasteiger partial charge on any atom is 0.472 e. The van der Waals surface area contributed by atoms with E-state index in [-0.39, 0.29) is 37.9 Å². The van der Waals surface area contributed by atoms with Gasteiger partial charge in [-0.15, -0.1) is 0 Å². The molecule has 0 aliphatic carbocycles. The number of rotatable bonds is 23. The van der Waals surface area contributed by atoms with Gasteiger partial charge in [-0.3, -0.25) is 23.2 Å². The van der Waals surface area contributed by atoms with Gasteiger partial charge in [0.25, 0.3) is 0 Å². The highest BCUT2D eigenvalue weighted by molar-refractivity contribution is 7.51. The van der Waals surface area contributed by atoms with E-state index in [9.17, 15) is 23.6 Å². The Hall–Kier alpha value is -0.840. The number of carbonyl (C=O) groups is 2. The molecule has 12 nitrogen and oxygen atoms in total. The van der Waals surface area contributed by atoms with Crippen LogP contribution in [0.5, 0.6) is 0 Å². The number of nitrogens with zero attached hydrogens (tertiary/aromatic N) is 1. The number of amides is 1. The molecule has 0 aromatic heterocycles. The van der Waals surface area contributed by atoms with Crippen LogP contribution >= 0.6 is 15.4 Å². The lowest BCUT2D eigenvalue weighted by atomic mass is 9.81. The normalized spacial score (nSPS) is 16.2. The average molecular weight is 604 g/mol. The molecule has 0 saturated heterocycles. The van der Waals surface area contributed by atoms with E-state index in [1.54, 1.807) is 6.92 Å². The molecule has 0 aromatic rings. The molecule has 0 heterocycles. The van der Waals surface area contributed by atoms with Gasteiger partial charge in [0.15, 0.2) is 0 Å². The van der Waals surface area contributed by atoms with E-state index in [1.807, 2.05) is 35.0 Å². The van der Waals surface area contributed by atoms with Gasteiger partial charge in [0.1, 0.15) is 19.8 Å². The number of ether oxygens (including phenoxy) is 1. The summed E-state index contributed by atoms with van der Waals surface area (Å²) in [5.74, 6) is -0.539. The van der Waals surface area contributed by atoms with Crippen LogP contribution in [0.3, 0.4) is 0 Å². The van der Waals surface area contributed by atoms with Crippen LogP contribution in [0.4, 0.5) is 0 Å². The topological polar surface area (TPSA) is 169 Å². The average Bonchev–Trinajstić information content (AvgIpc) is 2.78. The summed E-state index contributed by atoms with van der Waals surface area (Å²) in [6, 6.07) is -0.243.